The van der Waals surface area contributed by atoms with Gasteiger partial charge in [-0.2, -0.15) is 0 Å². The standard InChI is InChI=1S/C17H20ClN5O/c1-22-7-9-23(10-8-22)12-14-3-2-4-16(20-14)21-17(24)15-6-5-13(18)11-19-15/h2-6,11H,7-10,12H2,1H3,(H,20,21,24). The van der Waals surface area contributed by atoms with Crippen molar-refractivity contribution in [3.63, 3.8) is 0 Å². The molecule has 0 aromatic carbocycles. The summed E-state index contributed by atoms with van der Waals surface area (Å²) in [5.74, 6) is 0.235. The zero-order valence-electron chi connectivity index (χ0n) is 13.6. The van der Waals surface area contributed by atoms with Gasteiger partial charge >= 0.3 is 0 Å². The van der Waals surface area contributed by atoms with E-state index in [4.69, 9.17) is 11.6 Å². The van der Waals surface area contributed by atoms with Crippen molar-refractivity contribution in [3.8, 4) is 0 Å². The van der Waals surface area contributed by atoms with Gasteiger partial charge in [0, 0.05) is 38.9 Å². The Labute approximate surface area is 146 Å². The number of nitrogens with one attached hydrogen (secondary N) is 1. The van der Waals surface area contributed by atoms with Crippen LogP contribution in [0.4, 0.5) is 5.82 Å². The summed E-state index contributed by atoms with van der Waals surface area (Å²) in [5.41, 5.74) is 1.26. The maximum atomic E-state index is 12.2. The molecule has 1 N–H and O–H groups in total. The molecule has 3 rings (SSSR count). The van der Waals surface area contributed by atoms with E-state index in [2.05, 4.69) is 32.1 Å². The molecular weight excluding hydrogens is 326 g/mol. The first-order chi connectivity index (χ1) is 11.6. The molecule has 1 fully saturated rings. The van der Waals surface area contributed by atoms with Crippen LogP contribution in [0.25, 0.3) is 0 Å². The third-order valence-corrected chi connectivity index (χ3v) is 4.21. The average molecular weight is 346 g/mol. The minimum absolute atomic E-state index is 0.295. The molecule has 6 nitrogen and oxygen atoms in total. The quantitative estimate of drug-likeness (QED) is 0.919. The normalized spacial score (nSPS) is 16.1. The van der Waals surface area contributed by atoms with Crippen LogP contribution in [0.5, 0.6) is 0 Å². The molecule has 7 heteroatoms. The molecule has 2 aromatic heterocycles. The molecule has 0 radical (unpaired) electrons. The van der Waals surface area contributed by atoms with Gasteiger partial charge in [0.1, 0.15) is 11.5 Å². The molecule has 1 aliphatic heterocycles. The summed E-state index contributed by atoms with van der Waals surface area (Å²) < 4.78 is 0. The van der Waals surface area contributed by atoms with Crippen LogP contribution in [0, 0.1) is 0 Å². The molecule has 0 spiro atoms. The third-order valence-electron chi connectivity index (χ3n) is 3.99. The number of hydrogen-bond donors (Lipinski definition) is 1. The highest BCUT2D eigenvalue weighted by atomic mass is 35.5. The van der Waals surface area contributed by atoms with Gasteiger partial charge in [-0.25, -0.2) is 9.97 Å². The van der Waals surface area contributed by atoms with E-state index in [0.29, 0.717) is 16.5 Å². The molecular formula is C17H20ClN5O. The average Bonchev–Trinajstić information content (AvgIpc) is 2.58. The van der Waals surface area contributed by atoms with Crippen LogP contribution in [0.2, 0.25) is 5.02 Å². The van der Waals surface area contributed by atoms with Gasteiger partial charge in [-0.1, -0.05) is 17.7 Å². The third kappa shape index (κ3) is 4.50. The Hall–Kier alpha value is -2.02. The summed E-state index contributed by atoms with van der Waals surface area (Å²) in [7, 11) is 2.14. The van der Waals surface area contributed by atoms with Crippen molar-refractivity contribution in [1.82, 2.24) is 19.8 Å². The number of carbonyl (C=O) groups is 1. The first kappa shape index (κ1) is 16.8. The Morgan fingerprint density at radius 1 is 1.21 bits per heavy atom. The molecule has 3 heterocycles. The van der Waals surface area contributed by atoms with Crippen LogP contribution >= 0.6 is 11.6 Å². The highest BCUT2D eigenvalue weighted by molar-refractivity contribution is 6.30. The Bertz CT molecular complexity index is 698. The Kier molecular flexibility index (Phi) is 5.40. The molecule has 1 saturated heterocycles. The van der Waals surface area contributed by atoms with Gasteiger partial charge in [0.2, 0.25) is 0 Å². The number of amides is 1. The topological polar surface area (TPSA) is 61.4 Å². The van der Waals surface area contributed by atoms with E-state index < -0.39 is 0 Å². The number of halogens is 1. The Balaban J connectivity index is 1.62. The number of likely N-dealkylation sites (N-methyl/N-ethyl adjacent to an activating group) is 1. The molecule has 1 amide bonds. The lowest BCUT2D eigenvalue weighted by molar-refractivity contribution is 0.102. The van der Waals surface area contributed by atoms with E-state index in [1.807, 2.05) is 12.1 Å². The first-order valence-corrected chi connectivity index (χ1v) is 8.28. The van der Waals surface area contributed by atoms with Gasteiger partial charge in [-0.3, -0.25) is 9.69 Å². The lowest BCUT2D eigenvalue weighted by atomic mass is 10.2. The van der Waals surface area contributed by atoms with Crippen molar-refractivity contribution < 1.29 is 4.79 Å². The smallest absolute Gasteiger partial charge is 0.275 e. The van der Waals surface area contributed by atoms with E-state index in [-0.39, 0.29) is 5.91 Å². The molecule has 0 bridgehead atoms. The maximum absolute atomic E-state index is 12.2. The number of aromatic nitrogens is 2. The lowest BCUT2D eigenvalue weighted by Gasteiger charge is -2.32. The Morgan fingerprint density at radius 2 is 2.00 bits per heavy atom. The van der Waals surface area contributed by atoms with Gasteiger partial charge in [0.15, 0.2) is 0 Å². The fraction of sp³-hybridized carbons (Fsp3) is 0.353. The molecule has 0 aliphatic carbocycles. The number of hydrogen-bond acceptors (Lipinski definition) is 5. The van der Waals surface area contributed by atoms with Crippen molar-refractivity contribution in [3.05, 3.63) is 52.9 Å². The van der Waals surface area contributed by atoms with E-state index >= 15 is 0 Å². The largest absolute Gasteiger partial charge is 0.305 e. The number of carbonyl (C=O) groups excluding carboxylic acids is 1. The summed E-state index contributed by atoms with van der Waals surface area (Å²) in [6.07, 6.45) is 1.45. The monoisotopic (exact) mass is 345 g/mol. The van der Waals surface area contributed by atoms with Gasteiger partial charge in [-0.15, -0.1) is 0 Å². The van der Waals surface area contributed by atoms with Gasteiger partial charge in [0.25, 0.3) is 5.91 Å². The van der Waals surface area contributed by atoms with E-state index in [1.54, 1.807) is 18.2 Å². The zero-order valence-corrected chi connectivity index (χ0v) is 14.3. The predicted octanol–water partition coefficient (Wildman–Crippen LogP) is 2.13. The second-order valence-electron chi connectivity index (χ2n) is 5.91. The van der Waals surface area contributed by atoms with E-state index in [1.165, 1.54) is 6.20 Å². The zero-order chi connectivity index (χ0) is 16.9. The van der Waals surface area contributed by atoms with Crippen molar-refractivity contribution in [2.75, 3.05) is 38.5 Å². The molecule has 1 aliphatic rings. The summed E-state index contributed by atoms with van der Waals surface area (Å²) in [5, 5.41) is 3.28. The van der Waals surface area contributed by atoms with Crippen LogP contribution in [0.1, 0.15) is 16.2 Å². The number of rotatable bonds is 4. The highest BCUT2D eigenvalue weighted by Gasteiger charge is 2.15. The fourth-order valence-electron chi connectivity index (χ4n) is 2.56. The molecule has 0 saturated carbocycles. The summed E-state index contributed by atoms with van der Waals surface area (Å²) >= 11 is 5.78. The van der Waals surface area contributed by atoms with Crippen molar-refractivity contribution in [1.29, 1.82) is 0 Å². The van der Waals surface area contributed by atoms with Crippen LogP contribution in [-0.4, -0.2) is 58.9 Å². The SMILES string of the molecule is CN1CCN(Cc2cccc(NC(=O)c3ccc(Cl)cn3)n2)CC1. The first-order valence-electron chi connectivity index (χ1n) is 7.90. The Morgan fingerprint density at radius 3 is 2.71 bits per heavy atom. The van der Waals surface area contributed by atoms with Crippen molar-refractivity contribution in [2.24, 2.45) is 0 Å². The minimum Gasteiger partial charge on any atom is -0.305 e. The molecule has 126 valence electrons. The van der Waals surface area contributed by atoms with Crippen molar-refractivity contribution >= 4 is 23.3 Å². The van der Waals surface area contributed by atoms with Gasteiger partial charge < -0.3 is 10.2 Å². The van der Waals surface area contributed by atoms with Crippen LogP contribution in [0.3, 0.4) is 0 Å². The predicted molar refractivity (Wildman–Crippen MR) is 94.2 cm³/mol. The van der Waals surface area contributed by atoms with Crippen LogP contribution in [-0.2, 0) is 6.54 Å². The van der Waals surface area contributed by atoms with Crippen molar-refractivity contribution in [2.45, 2.75) is 6.54 Å². The summed E-state index contributed by atoms with van der Waals surface area (Å²) in [6, 6.07) is 8.89. The minimum atomic E-state index is -0.295. The summed E-state index contributed by atoms with van der Waals surface area (Å²) in [6.45, 7) is 4.99. The van der Waals surface area contributed by atoms with Crippen LogP contribution in [0.15, 0.2) is 36.5 Å². The second kappa shape index (κ2) is 7.70. The molecule has 24 heavy (non-hydrogen) atoms. The van der Waals surface area contributed by atoms with Gasteiger partial charge in [0.05, 0.1) is 10.7 Å². The molecule has 0 atom stereocenters. The number of piperazine rings is 1. The second-order valence-corrected chi connectivity index (χ2v) is 6.35. The maximum Gasteiger partial charge on any atom is 0.275 e. The molecule has 0 unspecified atom stereocenters. The summed E-state index contributed by atoms with van der Waals surface area (Å²) in [4.78, 5) is 25.4. The number of anilines is 1. The van der Waals surface area contributed by atoms with Crippen LogP contribution < -0.4 is 5.32 Å². The number of pyridine rings is 2. The molecule has 2 aromatic rings. The highest BCUT2D eigenvalue weighted by Crippen LogP contribution is 2.11. The fourth-order valence-corrected chi connectivity index (χ4v) is 2.67. The van der Waals surface area contributed by atoms with Gasteiger partial charge in [-0.05, 0) is 31.3 Å². The van der Waals surface area contributed by atoms with E-state index in [0.717, 1.165) is 38.4 Å². The lowest BCUT2D eigenvalue weighted by Crippen LogP contribution is -2.44. The number of nitrogens with zero attached hydrogens (tertiary/aromatic N) is 4. The van der Waals surface area contributed by atoms with E-state index in [9.17, 15) is 4.79 Å².